The van der Waals surface area contributed by atoms with E-state index in [4.69, 9.17) is 0 Å². The molecule has 0 spiro atoms. The molecule has 0 bridgehead atoms. The van der Waals surface area contributed by atoms with Crippen molar-refractivity contribution in [1.29, 1.82) is 0 Å². The van der Waals surface area contributed by atoms with Gasteiger partial charge in [-0.05, 0) is 84.8 Å². The second kappa shape index (κ2) is 42.6. The summed E-state index contributed by atoms with van der Waals surface area (Å²) in [5.74, 6) is 3.02. The Morgan fingerprint density at radius 3 is 1.41 bits per heavy atom. The number of unbranched alkanes of at least 4 members (excludes halogenated alkanes) is 19. The van der Waals surface area contributed by atoms with E-state index in [0.717, 1.165) is 69.8 Å². The van der Waals surface area contributed by atoms with Crippen LogP contribution in [-0.4, -0.2) is 10.7 Å². The van der Waals surface area contributed by atoms with Crippen molar-refractivity contribution in [1.82, 2.24) is 0 Å². The van der Waals surface area contributed by atoms with Crippen molar-refractivity contribution in [2.45, 2.75) is 228 Å². The molecule has 0 aliphatic heterocycles. The van der Waals surface area contributed by atoms with Crippen molar-refractivity contribution in [3.63, 3.8) is 0 Å². The third kappa shape index (κ3) is 29.3. The standard InChI is InChI=1S/C45H70N2.2C4H9.Pd/c1-5-9-13-14-15-16-17-18-19-20-21-22-23-24-25-28-40-29-26-31-42(37-40)45(41-35-33-39(34-36-41)27-10-6-2)44(32-12-8-4)43(38-47-46)30-11-7-3;2*1-3-4-2;/h26,29,31,33-37H,5-25,27-28,30,32H2,1-4H3;2*1,3-4H2,2H3;/q;2*-1;+2. The minimum absolute atomic E-state index is 0. The predicted octanol–water partition coefficient (Wildman–Crippen LogP) is 17.7. The SMILES string of the molecule is CCCCCCCCCCCCCCCCCc1cccc(C(=C(CCCC)C(=C=[N+]=[N-])CCCC)c2ccc(CCCC)cc2)c1.[CH2-]CCC.[CH2-]CCC.[Pd+2]. The van der Waals surface area contributed by atoms with Crippen molar-refractivity contribution >= 4 is 11.4 Å². The molecule has 0 aliphatic rings. The molecule has 320 valence electrons. The Bertz CT molecular complexity index is 1250. The number of hydrogen-bond acceptors (Lipinski definition) is 0. The average Bonchev–Trinajstić information content (AvgIpc) is 3.22. The van der Waals surface area contributed by atoms with Crippen molar-refractivity contribution in [3.05, 3.63) is 101 Å². The first-order valence-electron chi connectivity index (χ1n) is 23.5. The topological polar surface area (TPSA) is 36.4 Å². The molecule has 0 radical (unpaired) electrons. The van der Waals surface area contributed by atoms with Gasteiger partial charge in [-0.15, -0.1) is 4.79 Å². The van der Waals surface area contributed by atoms with Crippen molar-refractivity contribution in [3.8, 4) is 0 Å². The molecular weight excluding hydrogens is 771 g/mol. The molecule has 0 saturated carbocycles. The van der Waals surface area contributed by atoms with Gasteiger partial charge < -0.3 is 19.4 Å². The molecule has 2 rings (SSSR count). The van der Waals surface area contributed by atoms with Crippen LogP contribution < -0.4 is 0 Å². The normalized spacial score (nSPS) is 10.9. The van der Waals surface area contributed by atoms with Crippen LogP contribution in [0.2, 0.25) is 0 Å². The van der Waals surface area contributed by atoms with E-state index in [1.807, 2.05) is 0 Å². The number of nitrogens with zero attached hydrogens (tertiary/aromatic N) is 2. The number of rotatable bonds is 30. The first kappa shape index (κ1) is 56.1. The molecule has 0 amide bonds. The summed E-state index contributed by atoms with van der Waals surface area (Å²) in [5, 5.41) is 0. The minimum Gasteiger partial charge on any atom is -0.348 e. The Labute approximate surface area is 363 Å². The van der Waals surface area contributed by atoms with E-state index in [9.17, 15) is 5.53 Å². The van der Waals surface area contributed by atoms with Crippen LogP contribution in [-0.2, 0) is 33.3 Å². The van der Waals surface area contributed by atoms with E-state index in [-0.39, 0.29) is 20.4 Å². The Hall–Kier alpha value is -2.00. The molecule has 0 N–H and O–H groups in total. The number of benzene rings is 2. The number of hydrogen-bond donors (Lipinski definition) is 0. The predicted molar refractivity (Wildman–Crippen MR) is 248 cm³/mol. The third-order valence-corrected chi connectivity index (χ3v) is 10.5. The van der Waals surface area contributed by atoms with Crippen molar-refractivity contribution in [2.24, 2.45) is 0 Å². The molecule has 56 heavy (non-hydrogen) atoms. The van der Waals surface area contributed by atoms with Gasteiger partial charge in [0.1, 0.15) is 0 Å². The fraction of sp³-hybridized carbons (Fsp3) is 0.660. The molecule has 2 aromatic carbocycles. The summed E-state index contributed by atoms with van der Waals surface area (Å²) >= 11 is 0. The van der Waals surface area contributed by atoms with Crippen LogP contribution >= 0.6 is 0 Å². The summed E-state index contributed by atoms with van der Waals surface area (Å²) in [6.07, 6.45) is 36.5. The zero-order valence-electron chi connectivity index (χ0n) is 37.7. The van der Waals surface area contributed by atoms with Gasteiger partial charge in [0.15, 0.2) is 0 Å². The summed E-state index contributed by atoms with van der Waals surface area (Å²) in [6.45, 7) is 20.5. The van der Waals surface area contributed by atoms with Gasteiger partial charge in [-0.2, -0.15) is 12.8 Å². The Morgan fingerprint density at radius 2 is 0.946 bits per heavy atom. The van der Waals surface area contributed by atoms with E-state index < -0.39 is 0 Å². The molecule has 0 aliphatic carbocycles. The Kier molecular flexibility index (Phi) is 42.7. The van der Waals surface area contributed by atoms with Gasteiger partial charge in [0.05, 0.1) is 5.57 Å². The summed E-state index contributed by atoms with van der Waals surface area (Å²) < 4.78 is 0. The maximum Gasteiger partial charge on any atom is 2.00 e. The van der Waals surface area contributed by atoms with Crippen LogP contribution in [0.1, 0.15) is 237 Å². The van der Waals surface area contributed by atoms with Crippen molar-refractivity contribution in [2.75, 3.05) is 0 Å². The van der Waals surface area contributed by atoms with Gasteiger partial charge in [0, 0.05) is 0 Å². The van der Waals surface area contributed by atoms with Gasteiger partial charge in [0.25, 0.3) is 0 Å². The first-order valence-corrected chi connectivity index (χ1v) is 23.5. The smallest absolute Gasteiger partial charge is 0.348 e. The number of allylic oxidation sites excluding steroid dienone is 2. The molecule has 2 aromatic rings. The molecule has 0 fully saturated rings. The van der Waals surface area contributed by atoms with Gasteiger partial charge in [0.2, 0.25) is 0 Å². The Morgan fingerprint density at radius 1 is 0.500 bits per heavy atom. The van der Waals surface area contributed by atoms with Crippen LogP contribution in [0.5, 0.6) is 0 Å². The maximum atomic E-state index is 9.63. The number of aryl methyl sites for hydroxylation is 2. The molecule has 0 aromatic heterocycles. The van der Waals surface area contributed by atoms with E-state index >= 15 is 0 Å². The zero-order valence-corrected chi connectivity index (χ0v) is 39.3. The molecule has 0 unspecified atom stereocenters. The monoisotopic (exact) mass is 859 g/mol. The van der Waals surface area contributed by atoms with Crippen molar-refractivity contribution < 1.29 is 25.2 Å². The third-order valence-electron chi connectivity index (χ3n) is 10.5. The fourth-order valence-corrected chi connectivity index (χ4v) is 6.79. The molecular formula is C53H88N2Pd. The summed E-state index contributed by atoms with van der Waals surface area (Å²) in [6, 6.07) is 18.6. The zero-order chi connectivity index (χ0) is 40.6. The summed E-state index contributed by atoms with van der Waals surface area (Å²) in [7, 11) is 0. The average molecular weight is 860 g/mol. The molecule has 3 heteroatoms. The van der Waals surface area contributed by atoms with Crippen LogP contribution in [0.3, 0.4) is 0 Å². The summed E-state index contributed by atoms with van der Waals surface area (Å²) in [4.78, 5) is 3.44. The Balaban J connectivity index is 0. The second-order valence-electron chi connectivity index (χ2n) is 15.7. The van der Waals surface area contributed by atoms with Crippen LogP contribution in [0.15, 0.2) is 59.7 Å². The van der Waals surface area contributed by atoms with Gasteiger partial charge in [-0.1, -0.05) is 212 Å². The second-order valence-corrected chi connectivity index (χ2v) is 15.7. The van der Waals surface area contributed by atoms with Crippen LogP contribution in [0.25, 0.3) is 11.1 Å². The first-order chi connectivity index (χ1) is 27.0. The van der Waals surface area contributed by atoms with Crippen LogP contribution in [0, 0.1) is 13.8 Å². The van der Waals surface area contributed by atoms with E-state index in [0.29, 0.717) is 0 Å². The molecule has 0 saturated heterocycles. The largest absolute Gasteiger partial charge is 2.00 e. The quantitative estimate of drug-likeness (QED) is 0.0143. The van der Waals surface area contributed by atoms with E-state index in [1.54, 1.807) is 0 Å². The molecule has 0 heterocycles. The van der Waals surface area contributed by atoms with Gasteiger partial charge in [-0.3, -0.25) is 0 Å². The van der Waals surface area contributed by atoms with Gasteiger partial charge >= 0.3 is 26.3 Å². The fourth-order valence-electron chi connectivity index (χ4n) is 6.79. The maximum absolute atomic E-state index is 9.63. The van der Waals surface area contributed by atoms with E-state index in [2.05, 4.69) is 115 Å². The molecule has 2 nitrogen and oxygen atoms in total. The van der Waals surface area contributed by atoms with E-state index in [1.165, 1.54) is 155 Å². The minimum atomic E-state index is 0. The van der Waals surface area contributed by atoms with Crippen LogP contribution in [0.4, 0.5) is 0 Å². The van der Waals surface area contributed by atoms with Gasteiger partial charge in [-0.25, -0.2) is 0 Å². The summed E-state index contributed by atoms with van der Waals surface area (Å²) in [5.41, 5.74) is 18.7. The molecule has 0 atom stereocenters.